The summed E-state index contributed by atoms with van der Waals surface area (Å²) in [6, 6.07) is -1.18. The molecule has 9 nitrogen and oxygen atoms in total. The van der Waals surface area contributed by atoms with Crippen molar-refractivity contribution < 1.29 is 33.4 Å². The third kappa shape index (κ3) is 4.73. The van der Waals surface area contributed by atoms with Gasteiger partial charge in [0, 0.05) is 6.42 Å². The lowest BCUT2D eigenvalue weighted by Crippen LogP contribution is -2.56. The summed E-state index contributed by atoms with van der Waals surface area (Å²) in [5, 5.41) is 0. The number of piperidine rings is 1. The van der Waals surface area contributed by atoms with Crippen LogP contribution < -0.4 is 0 Å². The number of carbonyl (C=O) groups excluding carboxylic acids is 5. The average molecular weight is 416 g/mol. The first-order valence-electron chi connectivity index (χ1n) is 9.44. The molecule has 2 aliphatic rings. The number of likely N-dealkylation sites (tertiary alicyclic amines) is 2. The molecule has 30 heavy (non-hydrogen) atoms. The molecule has 1 unspecified atom stereocenters. The van der Waals surface area contributed by atoms with E-state index in [0.29, 0.717) is 4.90 Å². The summed E-state index contributed by atoms with van der Waals surface area (Å²) in [4.78, 5) is 63.9. The molecule has 2 fully saturated rings. The van der Waals surface area contributed by atoms with Crippen molar-refractivity contribution in [2.45, 2.75) is 45.8 Å². The van der Waals surface area contributed by atoms with Crippen LogP contribution >= 0.6 is 0 Å². The maximum Gasteiger partial charge on any atom is 0.510 e. The van der Waals surface area contributed by atoms with Gasteiger partial charge in [0.25, 0.3) is 17.7 Å². The summed E-state index contributed by atoms with van der Waals surface area (Å²) < 4.78 is 9.63. The van der Waals surface area contributed by atoms with Crippen molar-refractivity contribution >= 4 is 29.8 Å². The molecule has 0 aromatic carbocycles. The minimum atomic E-state index is -1.18. The molecule has 2 saturated heterocycles. The van der Waals surface area contributed by atoms with Gasteiger partial charge in [0.2, 0.25) is 5.91 Å². The van der Waals surface area contributed by atoms with Crippen molar-refractivity contribution in [3.05, 3.63) is 48.1 Å². The van der Waals surface area contributed by atoms with Crippen LogP contribution in [0.5, 0.6) is 0 Å². The van der Waals surface area contributed by atoms with Crippen molar-refractivity contribution in [2.75, 3.05) is 6.73 Å². The predicted molar refractivity (Wildman–Crippen MR) is 105 cm³/mol. The Balaban J connectivity index is 2.26. The summed E-state index contributed by atoms with van der Waals surface area (Å²) >= 11 is 0. The monoisotopic (exact) mass is 416 g/mol. The summed E-state index contributed by atoms with van der Waals surface area (Å²) in [5.74, 6) is -2.66. The molecule has 0 radical (unpaired) electrons. The van der Waals surface area contributed by atoms with Crippen LogP contribution in [0.25, 0.3) is 0 Å². The van der Waals surface area contributed by atoms with Crippen LogP contribution in [-0.4, -0.2) is 58.5 Å². The van der Waals surface area contributed by atoms with Gasteiger partial charge in [-0.2, -0.15) is 0 Å². The van der Waals surface area contributed by atoms with Crippen molar-refractivity contribution in [2.24, 2.45) is 0 Å². The minimum Gasteiger partial charge on any atom is -0.432 e. The summed E-state index contributed by atoms with van der Waals surface area (Å²) in [5.41, 5.74) is 0.243. The fourth-order valence-electron chi connectivity index (χ4n) is 3.04. The van der Waals surface area contributed by atoms with E-state index >= 15 is 0 Å². The van der Waals surface area contributed by atoms with E-state index in [4.69, 9.17) is 9.47 Å². The molecule has 2 rings (SSSR count). The predicted octanol–water partition coefficient (Wildman–Crippen LogP) is 2.01. The van der Waals surface area contributed by atoms with Gasteiger partial charge in [-0.15, -0.1) is 0 Å². The van der Waals surface area contributed by atoms with E-state index in [-0.39, 0.29) is 24.0 Å². The second-order valence-corrected chi connectivity index (χ2v) is 6.81. The highest BCUT2D eigenvalue weighted by atomic mass is 16.7. The highest BCUT2D eigenvalue weighted by molar-refractivity contribution is 6.26. The number of carbonyl (C=O) groups is 5. The average Bonchev–Trinajstić information content (AvgIpc) is 2.90. The van der Waals surface area contributed by atoms with E-state index in [0.717, 1.165) is 4.90 Å². The van der Waals surface area contributed by atoms with E-state index in [1.165, 1.54) is 18.2 Å². The largest absolute Gasteiger partial charge is 0.510 e. The summed E-state index contributed by atoms with van der Waals surface area (Å²) in [7, 11) is 0. The molecule has 1 atom stereocenters. The van der Waals surface area contributed by atoms with Crippen molar-refractivity contribution in [1.82, 2.24) is 9.80 Å². The SMILES string of the molecule is C=C/C=C1/C(=O)N(C2CCC(=O)N(COC(=O)OC(C)C)C2=O)C(=O)/C1=C/C=C/C. The molecule has 2 heterocycles. The Bertz CT molecular complexity index is 867. The third-order valence-corrected chi connectivity index (χ3v) is 4.37. The zero-order chi connectivity index (χ0) is 22.4. The number of rotatable bonds is 6. The lowest BCUT2D eigenvalue weighted by molar-refractivity contribution is -0.163. The molecule has 0 bridgehead atoms. The van der Waals surface area contributed by atoms with Gasteiger partial charge in [0.15, 0.2) is 6.73 Å². The van der Waals surface area contributed by atoms with Crippen LogP contribution in [0.4, 0.5) is 4.79 Å². The van der Waals surface area contributed by atoms with Gasteiger partial charge in [-0.1, -0.05) is 24.8 Å². The van der Waals surface area contributed by atoms with Crippen molar-refractivity contribution in [3.8, 4) is 0 Å². The van der Waals surface area contributed by atoms with Crippen LogP contribution in [0.15, 0.2) is 48.1 Å². The molecule has 4 amide bonds. The van der Waals surface area contributed by atoms with Gasteiger partial charge in [0.05, 0.1) is 17.3 Å². The Morgan fingerprint density at radius 2 is 1.80 bits per heavy atom. The first kappa shape index (κ1) is 22.8. The van der Waals surface area contributed by atoms with Crippen LogP contribution in [0.1, 0.15) is 33.6 Å². The molecule has 2 aliphatic heterocycles. The van der Waals surface area contributed by atoms with Gasteiger partial charge >= 0.3 is 6.16 Å². The Morgan fingerprint density at radius 1 is 1.17 bits per heavy atom. The molecule has 0 N–H and O–H groups in total. The Kier molecular flexibility index (Phi) is 7.46. The zero-order valence-corrected chi connectivity index (χ0v) is 17.1. The molecule has 160 valence electrons. The molecular weight excluding hydrogens is 392 g/mol. The highest BCUT2D eigenvalue weighted by Gasteiger charge is 2.48. The van der Waals surface area contributed by atoms with E-state index in [9.17, 15) is 24.0 Å². The topological polar surface area (TPSA) is 110 Å². The van der Waals surface area contributed by atoms with Gasteiger partial charge in [-0.05, 0) is 39.3 Å². The second kappa shape index (κ2) is 9.82. The number of amides is 4. The standard InChI is InChI=1S/C21H24N2O7/c1-5-7-9-15-14(8-6-2)18(25)23(19(15)26)16-10-11-17(24)22(20(16)27)12-29-21(28)30-13(3)4/h5-9,13,16H,2,10-12H2,1,3-4H3/b7-5+,14-8+,15-9+. The maximum atomic E-state index is 12.9. The molecule has 0 aromatic rings. The van der Waals surface area contributed by atoms with Crippen molar-refractivity contribution in [3.63, 3.8) is 0 Å². The molecule has 0 aliphatic carbocycles. The van der Waals surface area contributed by atoms with E-state index in [1.54, 1.807) is 32.9 Å². The van der Waals surface area contributed by atoms with E-state index < -0.39 is 48.7 Å². The molecular formula is C21H24N2O7. The van der Waals surface area contributed by atoms with Gasteiger partial charge < -0.3 is 9.47 Å². The quantitative estimate of drug-likeness (QED) is 0.370. The van der Waals surface area contributed by atoms with Gasteiger partial charge in [0.1, 0.15) is 6.04 Å². The summed E-state index contributed by atoms with van der Waals surface area (Å²) in [6.07, 6.45) is 5.98. The maximum absolute atomic E-state index is 12.9. The third-order valence-electron chi connectivity index (χ3n) is 4.37. The van der Waals surface area contributed by atoms with Crippen LogP contribution in [-0.2, 0) is 28.7 Å². The molecule has 0 aromatic heterocycles. The normalized spacial score (nSPS) is 22.7. The zero-order valence-electron chi connectivity index (χ0n) is 17.1. The summed E-state index contributed by atoms with van der Waals surface area (Å²) in [6.45, 7) is 7.88. The number of ether oxygens (including phenoxy) is 2. The second-order valence-electron chi connectivity index (χ2n) is 6.81. The first-order valence-corrected chi connectivity index (χ1v) is 9.44. The van der Waals surface area contributed by atoms with Crippen LogP contribution in [0.2, 0.25) is 0 Å². The Morgan fingerprint density at radius 3 is 2.37 bits per heavy atom. The number of hydrogen-bond acceptors (Lipinski definition) is 7. The lowest BCUT2D eigenvalue weighted by Gasteiger charge is -2.33. The smallest absolute Gasteiger partial charge is 0.432 e. The Labute approximate surface area is 174 Å². The number of allylic oxidation sites excluding steroid dienone is 5. The van der Waals surface area contributed by atoms with Crippen molar-refractivity contribution in [1.29, 1.82) is 0 Å². The number of hydrogen-bond donors (Lipinski definition) is 0. The molecule has 0 saturated carbocycles. The highest BCUT2D eigenvalue weighted by Crippen LogP contribution is 2.31. The Hall–Kier alpha value is -3.49. The minimum absolute atomic E-state index is 0.0135. The lowest BCUT2D eigenvalue weighted by atomic mass is 10.0. The van der Waals surface area contributed by atoms with E-state index in [1.807, 2.05) is 0 Å². The van der Waals surface area contributed by atoms with Crippen LogP contribution in [0.3, 0.4) is 0 Å². The number of imide groups is 2. The fraction of sp³-hybridized carbons (Fsp3) is 0.381. The van der Waals surface area contributed by atoms with Gasteiger partial charge in [-0.3, -0.25) is 24.1 Å². The number of nitrogens with zero attached hydrogens (tertiary/aromatic N) is 2. The van der Waals surface area contributed by atoms with Crippen LogP contribution in [0, 0.1) is 0 Å². The van der Waals surface area contributed by atoms with E-state index in [2.05, 4.69) is 6.58 Å². The fourth-order valence-corrected chi connectivity index (χ4v) is 3.04. The molecule has 0 spiro atoms. The first-order chi connectivity index (χ1) is 14.2. The molecule has 9 heteroatoms. The van der Waals surface area contributed by atoms with Gasteiger partial charge in [-0.25, -0.2) is 9.69 Å².